The summed E-state index contributed by atoms with van der Waals surface area (Å²) >= 11 is 0. The van der Waals surface area contributed by atoms with Gasteiger partial charge in [0.15, 0.2) is 23.0 Å². The van der Waals surface area contributed by atoms with Gasteiger partial charge < -0.3 is 29.7 Å². The number of morpholine rings is 1. The lowest BCUT2D eigenvalue weighted by atomic mass is 9.82. The topological polar surface area (TPSA) is 97.3 Å². The molecule has 2 aromatic rings. The second-order valence-corrected chi connectivity index (χ2v) is 6.82. The monoisotopic (exact) mass is 395 g/mol. The van der Waals surface area contributed by atoms with Gasteiger partial charge in [0.1, 0.15) is 5.76 Å². The van der Waals surface area contributed by atoms with Crippen LogP contribution in [0.2, 0.25) is 0 Å². The summed E-state index contributed by atoms with van der Waals surface area (Å²) in [5.41, 5.74) is -0.632. The Morgan fingerprint density at radius 1 is 1.03 bits per heavy atom. The summed E-state index contributed by atoms with van der Waals surface area (Å²) in [6.07, 6.45) is 6.28. The van der Waals surface area contributed by atoms with Crippen LogP contribution in [0.3, 0.4) is 0 Å². The van der Waals surface area contributed by atoms with Crippen LogP contribution in [0.5, 0.6) is 23.0 Å². The number of methoxy groups -OCH3 is 2. The summed E-state index contributed by atoms with van der Waals surface area (Å²) < 4.78 is 16.8. The Morgan fingerprint density at radius 3 is 2.17 bits per heavy atom. The van der Waals surface area contributed by atoms with Crippen molar-refractivity contribution >= 4 is 5.91 Å². The van der Waals surface area contributed by atoms with E-state index in [2.05, 4.69) is 5.32 Å². The fourth-order valence-corrected chi connectivity index (χ4v) is 3.67. The molecule has 1 amide bonds. The van der Waals surface area contributed by atoms with Gasteiger partial charge in [-0.15, -0.1) is 0 Å². The molecular weight excluding hydrogens is 374 g/mol. The van der Waals surface area contributed by atoms with Gasteiger partial charge in [-0.3, -0.25) is 4.79 Å². The van der Waals surface area contributed by atoms with E-state index in [1.807, 2.05) is 18.2 Å². The van der Waals surface area contributed by atoms with Crippen molar-refractivity contribution in [1.29, 1.82) is 0 Å². The van der Waals surface area contributed by atoms with E-state index in [9.17, 15) is 15.0 Å². The third-order valence-electron chi connectivity index (χ3n) is 5.18. The predicted molar refractivity (Wildman–Crippen MR) is 105 cm³/mol. The summed E-state index contributed by atoms with van der Waals surface area (Å²) in [6, 6.07) is 8.99. The van der Waals surface area contributed by atoms with Crippen LogP contribution in [0.4, 0.5) is 0 Å². The smallest absolute Gasteiger partial charge is 0.274 e. The van der Waals surface area contributed by atoms with Crippen LogP contribution >= 0.6 is 0 Å². The first-order valence-corrected chi connectivity index (χ1v) is 9.11. The van der Waals surface area contributed by atoms with Gasteiger partial charge in [-0.05, 0) is 36.8 Å². The van der Waals surface area contributed by atoms with Crippen LogP contribution in [0.1, 0.15) is 17.5 Å². The standard InChI is InChI=1S/C22H21NO6/c1-27-19-11-13(7-9-16(19)24)22(14-8-10-17(25)20(12-14)28-2)21(26)23-15-5-3-4-6-18(15)29-22/h3-4,6-12,15,24-25H,5H2,1-2H3,(H,23,26). The van der Waals surface area contributed by atoms with Crippen molar-refractivity contribution < 1.29 is 29.2 Å². The van der Waals surface area contributed by atoms with E-state index in [-0.39, 0.29) is 34.9 Å². The fraction of sp³-hybridized carbons (Fsp3) is 0.227. The maximum Gasteiger partial charge on any atom is 0.274 e. The highest BCUT2D eigenvalue weighted by atomic mass is 16.5. The van der Waals surface area contributed by atoms with Crippen molar-refractivity contribution in [3.05, 3.63) is 71.5 Å². The molecule has 29 heavy (non-hydrogen) atoms. The minimum absolute atomic E-state index is 0.0522. The molecule has 0 saturated carbocycles. The van der Waals surface area contributed by atoms with E-state index in [1.54, 1.807) is 24.3 Å². The number of amides is 1. The summed E-state index contributed by atoms with van der Waals surface area (Å²) in [5, 5.41) is 23.1. The number of benzene rings is 2. The molecule has 3 N–H and O–H groups in total. The quantitative estimate of drug-likeness (QED) is 0.737. The van der Waals surface area contributed by atoms with Crippen LogP contribution in [0.25, 0.3) is 0 Å². The van der Waals surface area contributed by atoms with Gasteiger partial charge in [0.05, 0.1) is 20.3 Å². The van der Waals surface area contributed by atoms with Gasteiger partial charge >= 0.3 is 0 Å². The molecular formula is C22H21NO6. The highest BCUT2D eigenvalue weighted by Crippen LogP contribution is 2.45. The zero-order valence-corrected chi connectivity index (χ0v) is 16.0. The highest BCUT2D eigenvalue weighted by Gasteiger charge is 2.51. The Labute approximate surface area is 167 Å². The Balaban J connectivity index is 1.96. The van der Waals surface area contributed by atoms with Crippen molar-refractivity contribution in [2.45, 2.75) is 18.1 Å². The molecule has 1 unspecified atom stereocenters. The molecule has 1 aliphatic heterocycles. The summed E-state index contributed by atoms with van der Waals surface area (Å²) in [6.45, 7) is 0. The number of hydrogen-bond donors (Lipinski definition) is 3. The van der Waals surface area contributed by atoms with Crippen LogP contribution < -0.4 is 14.8 Å². The Hall–Kier alpha value is -3.61. The van der Waals surface area contributed by atoms with Crippen molar-refractivity contribution in [1.82, 2.24) is 5.32 Å². The molecule has 1 heterocycles. The normalized spacial score (nSPS) is 19.4. The molecule has 0 spiro atoms. The number of allylic oxidation sites excluding steroid dienone is 2. The first-order valence-electron chi connectivity index (χ1n) is 9.11. The number of carbonyl (C=O) groups excluding carboxylic acids is 1. The number of carbonyl (C=O) groups is 1. The van der Waals surface area contributed by atoms with Gasteiger partial charge in [0, 0.05) is 11.1 Å². The second-order valence-electron chi connectivity index (χ2n) is 6.82. The molecule has 0 aromatic heterocycles. The minimum atomic E-state index is -1.56. The zero-order valence-electron chi connectivity index (χ0n) is 16.0. The molecule has 1 atom stereocenters. The molecule has 2 aliphatic rings. The van der Waals surface area contributed by atoms with Gasteiger partial charge in [0.25, 0.3) is 5.91 Å². The maximum atomic E-state index is 13.4. The van der Waals surface area contributed by atoms with E-state index >= 15 is 0 Å². The van der Waals surface area contributed by atoms with Gasteiger partial charge in [-0.25, -0.2) is 0 Å². The van der Waals surface area contributed by atoms with Crippen molar-refractivity contribution in [2.75, 3.05) is 14.2 Å². The van der Waals surface area contributed by atoms with E-state index < -0.39 is 5.60 Å². The largest absolute Gasteiger partial charge is 0.504 e. The lowest BCUT2D eigenvalue weighted by Crippen LogP contribution is -2.56. The highest BCUT2D eigenvalue weighted by molar-refractivity contribution is 5.92. The molecule has 1 saturated heterocycles. The molecule has 1 aliphatic carbocycles. The Kier molecular flexibility index (Phi) is 4.58. The number of fused-ring (bicyclic) bond motifs is 1. The molecule has 0 bridgehead atoms. The summed E-state index contributed by atoms with van der Waals surface area (Å²) in [4.78, 5) is 13.4. The van der Waals surface area contributed by atoms with Gasteiger partial charge in [-0.1, -0.05) is 24.3 Å². The van der Waals surface area contributed by atoms with Gasteiger partial charge in [0.2, 0.25) is 5.60 Å². The van der Waals surface area contributed by atoms with E-state index in [1.165, 1.54) is 26.4 Å². The number of phenolic OH excluding ortho intramolecular Hbond substituents is 2. The number of aromatic hydroxyl groups is 2. The Morgan fingerprint density at radius 2 is 1.62 bits per heavy atom. The van der Waals surface area contributed by atoms with Gasteiger partial charge in [-0.2, -0.15) is 0 Å². The molecule has 7 heteroatoms. The van der Waals surface area contributed by atoms with Crippen LogP contribution in [-0.2, 0) is 15.1 Å². The van der Waals surface area contributed by atoms with E-state index in [0.717, 1.165) is 0 Å². The third kappa shape index (κ3) is 2.95. The predicted octanol–water partition coefficient (Wildman–Crippen LogP) is 2.72. The average molecular weight is 395 g/mol. The first-order chi connectivity index (χ1) is 14.0. The first kappa shape index (κ1) is 18.7. The number of rotatable bonds is 4. The fourth-order valence-electron chi connectivity index (χ4n) is 3.67. The second kappa shape index (κ2) is 7.09. The molecule has 150 valence electrons. The van der Waals surface area contributed by atoms with Crippen molar-refractivity contribution in [2.24, 2.45) is 0 Å². The van der Waals surface area contributed by atoms with Crippen LogP contribution in [0.15, 0.2) is 60.4 Å². The van der Waals surface area contributed by atoms with Crippen molar-refractivity contribution in [3.63, 3.8) is 0 Å². The summed E-state index contributed by atoms with van der Waals surface area (Å²) in [7, 11) is 2.86. The zero-order chi connectivity index (χ0) is 20.6. The number of phenols is 2. The minimum Gasteiger partial charge on any atom is -0.504 e. The van der Waals surface area contributed by atoms with E-state index in [0.29, 0.717) is 23.3 Å². The Bertz CT molecular complexity index is 972. The molecule has 4 rings (SSSR count). The number of hydrogen-bond acceptors (Lipinski definition) is 6. The average Bonchev–Trinajstić information content (AvgIpc) is 2.74. The van der Waals surface area contributed by atoms with Crippen LogP contribution in [0, 0.1) is 0 Å². The number of nitrogens with one attached hydrogen (secondary N) is 1. The lowest BCUT2D eigenvalue weighted by molar-refractivity contribution is -0.145. The maximum absolute atomic E-state index is 13.4. The summed E-state index contributed by atoms with van der Waals surface area (Å²) in [5.74, 6) is 0.570. The SMILES string of the molecule is COc1cc(C2(c3ccc(O)c(OC)c3)OC3=CC=CCC3NC2=O)ccc1O. The van der Waals surface area contributed by atoms with E-state index in [4.69, 9.17) is 14.2 Å². The molecule has 0 radical (unpaired) electrons. The lowest BCUT2D eigenvalue weighted by Gasteiger charge is -2.42. The van der Waals surface area contributed by atoms with Crippen LogP contribution in [-0.4, -0.2) is 36.4 Å². The molecule has 1 fully saturated rings. The molecule has 2 aromatic carbocycles. The third-order valence-corrected chi connectivity index (χ3v) is 5.18. The van der Waals surface area contributed by atoms with Crippen molar-refractivity contribution in [3.8, 4) is 23.0 Å². The number of ether oxygens (including phenoxy) is 3. The molecule has 7 nitrogen and oxygen atoms in total.